The summed E-state index contributed by atoms with van der Waals surface area (Å²) in [5.74, 6) is -0.965. The zero-order chi connectivity index (χ0) is 22.7. The van der Waals surface area contributed by atoms with Crippen LogP contribution in [0.15, 0.2) is 30.6 Å². The van der Waals surface area contributed by atoms with Crippen molar-refractivity contribution in [3.63, 3.8) is 0 Å². The predicted octanol–water partition coefficient (Wildman–Crippen LogP) is 1.13. The summed E-state index contributed by atoms with van der Waals surface area (Å²) < 4.78 is 5.92. The first kappa shape index (κ1) is 22.0. The lowest BCUT2D eigenvalue weighted by Crippen LogP contribution is -2.64. The van der Waals surface area contributed by atoms with Crippen molar-refractivity contribution in [2.75, 3.05) is 26.4 Å². The maximum Gasteiger partial charge on any atom is 0.356 e. The summed E-state index contributed by atoms with van der Waals surface area (Å²) in [7, 11) is 0. The molecule has 2 saturated heterocycles. The minimum absolute atomic E-state index is 0.00968. The second-order valence-electron chi connectivity index (χ2n) is 7.59. The van der Waals surface area contributed by atoms with E-state index in [0.29, 0.717) is 48.2 Å². The molecule has 32 heavy (non-hydrogen) atoms. The SMILES string of the molecule is N#CC1CC2C(=O)N(CCOc3ccc(Cl)cc3-c3cncc(C(=O)O)n3)CNC2CN1. The zero-order valence-corrected chi connectivity index (χ0v) is 17.7. The van der Waals surface area contributed by atoms with Gasteiger partial charge in [0.1, 0.15) is 12.4 Å². The van der Waals surface area contributed by atoms with Crippen molar-refractivity contribution in [2.24, 2.45) is 5.92 Å². The lowest BCUT2D eigenvalue weighted by Gasteiger charge is -2.42. The standard InChI is InChI=1S/C21H21ClN6O4/c22-12-1-2-19(14(5-12)17-8-24-9-18(27-17)21(30)31)32-4-3-28-11-26-16-10-25-13(7-23)6-15(16)20(28)29/h1-2,5,8-9,13,15-16,25-26H,3-4,6,10-11H2,(H,30,31). The average molecular weight is 457 g/mol. The summed E-state index contributed by atoms with van der Waals surface area (Å²) in [6.07, 6.45) is 3.08. The Morgan fingerprint density at radius 2 is 2.22 bits per heavy atom. The molecule has 3 N–H and O–H groups in total. The number of carboxylic acids is 1. The Morgan fingerprint density at radius 1 is 1.38 bits per heavy atom. The first-order chi connectivity index (χ1) is 15.5. The van der Waals surface area contributed by atoms with Crippen molar-refractivity contribution in [2.45, 2.75) is 18.5 Å². The first-order valence-electron chi connectivity index (χ1n) is 10.1. The molecule has 3 atom stereocenters. The van der Waals surface area contributed by atoms with Gasteiger partial charge in [0.05, 0.1) is 49.3 Å². The van der Waals surface area contributed by atoms with Crippen molar-refractivity contribution >= 4 is 23.5 Å². The minimum Gasteiger partial charge on any atom is -0.491 e. The highest BCUT2D eigenvalue weighted by Crippen LogP contribution is 2.31. The van der Waals surface area contributed by atoms with Crippen molar-refractivity contribution in [1.82, 2.24) is 25.5 Å². The molecule has 2 fully saturated rings. The van der Waals surface area contributed by atoms with E-state index in [1.807, 2.05) is 0 Å². The molecule has 4 rings (SSSR count). The molecule has 0 radical (unpaired) electrons. The predicted molar refractivity (Wildman–Crippen MR) is 114 cm³/mol. The number of carbonyl (C=O) groups excluding carboxylic acids is 1. The van der Waals surface area contributed by atoms with E-state index in [4.69, 9.17) is 21.6 Å². The number of aromatic carboxylic acids is 1. The topological polar surface area (TPSA) is 140 Å². The van der Waals surface area contributed by atoms with Gasteiger partial charge in [-0.15, -0.1) is 0 Å². The number of nitriles is 1. The van der Waals surface area contributed by atoms with E-state index in [1.54, 1.807) is 23.1 Å². The van der Waals surface area contributed by atoms with Gasteiger partial charge < -0.3 is 20.1 Å². The van der Waals surface area contributed by atoms with E-state index in [0.717, 1.165) is 6.20 Å². The monoisotopic (exact) mass is 456 g/mol. The average Bonchev–Trinajstić information content (AvgIpc) is 2.81. The van der Waals surface area contributed by atoms with Gasteiger partial charge in [-0.05, 0) is 24.6 Å². The van der Waals surface area contributed by atoms with Crippen molar-refractivity contribution < 1.29 is 19.4 Å². The summed E-state index contributed by atoms with van der Waals surface area (Å²) >= 11 is 6.12. The number of fused-ring (bicyclic) bond motifs is 1. The molecule has 2 aromatic rings. The molecule has 2 aliphatic rings. The van der Waals surface area contributed by atoms with Crippen molar-refractivity contribution in [1.29, 1.82) is 5.26 Å². The number of rotatable bonds is 6. The normalized spacial score (nSPS) is 22.7. The van der Waals surface area contributed by atoms with Crippen LogP contribution in [0.2, 0.25) is 5.02 Å². The van der Waals surface area contributed by atoms with Gasteiger partial charge in [0.15, 0.2) is 5.69 Å². The van der Waals surface area contributed by atoms with Gasteiger partial charge in [0.2, 0.25) is 5.91 Å². The van der Waals surface area contributed by atoms with Gasteiger partial charge in [-0.25, -0.2) is 9.78 Å². The van der Waals surface area contributed by atoms with Crippen molar-refractivity contribution in [3.05, 3.63) is 41.3 Å². The summed E-state index contributed by atoms with van der Waals surface area (Å²) in [4.78, 5) is 33.9. The van der Waals surface area contributed by atoms with E-state index in [9.17, 15) is 14.7 Å². The molecule has 0 aliphatic carbocycles. The highest BCUT2D eigenvalue weighted by atomic mass is 35.5. The molecule has 3 heterocycles. The smallest absolute Gasteiger partial charge is 0.356 e. The fraction of sp³-hybridized carbons (Fsp3) is 0.381. The Kier molecular flexibility index (Phi) is 6.50. The third-order valence-corrected chi connectivity index (χ3v) is 5.81. The molecule has 1 aromatic heterocycles. The van der Waals surface area contributed by atoms with Crippen LogP contribution in [-0.4, -0.2) is 70.3 Å². The number of carboxylic acid groups (broad SMARTS) is 1. The van der Waals surface area contributed by atoms with E-state index in [-0.39, 0.29) is 36.2 Å². The number of nitrogens with zero attached hydrogens (tertiary/aromatic N) is 4. The van der Waals surface area contributed by atoms with Crippen LogP contribution in [0.4, 0.5) is 0 Å². The Labute approximate surface area is 189 Å². The van der Waals surface area contributed by atoms with Crippen LogP contribution < -0.4 is 15.4 Å². The molecule has 0 saturated carbocycles. The largest absolute Gasteiger partial charge is 0.491 e. The summed E-state index contributed by atoms with van der Waals surface area (Å²) in [6, 6.07) is 6.83. The number of amides is 1. The second kappa shape index (κ2) is 9.48. The summed E-state index contributed by atoms with van der Waals surface area (Å²) in [5.41, 5.74) is 0.635. The number of halogens is 1. The number of aromatic nitrogens is 2. The quantitative estimate of drug-likeness (QED) is 0.583. The van der Waals surface area contributed by atoms with E-state index >= 15 is 0 Å². The minimum atomic E-state index is -1.19. The number of ether oxygens (including phenoxy) is 1. The Morgan fingerprint density at radius 3 is 3.00 bits per heavy atom. The van der Waals surface area contributed by atoms with Gasteiger partial charge in [-0.2, -0.15) is 5.26 Å². The number of benzene rings is 1. The van der Waals surface area contributed by atoms with Crippen LogP contribution in [0.3, 0.4) is 0 Å². The molecular formula is C21H21ClN6O4. The Bertz CT molecular complexity index is 1070. The Balaban J connectivity index is 1.44. The van der Waals surface area contributed by atoms with Gasteiger partial charge in [0, 0.05) is 23.2 Å². The zero-order valence-electron chi connectivity index (χ0n) is 17.0. The van der Waals surface area contributed by atoms with Gasteiger partial charge in [0.25, 0.3) is 0 Å². The van der Waals surface area contributed by atoms with Gasteiger partial charge in [-0.3, -0.25) is 15.1 Å². The second-order valence-corrected chi connectivity index (χ2v) is 8.02. The van der Waals surface area contributed by atoms with Crippen LogP contribution in [-0.2, 0) is 4.79 Å². The number of nitrogens with one attached hydrogen (secondary N) is 2. The Hall–Kier alpha value is -3.26. The first-order valence-corrected chi connectivity index (χ1v) is 10.5. The molecule has 1 aromatic carbocycles. The molecular weight excluding hydrogens is 436 g/mol. The highest BCUT2D eigenvalue weighted by Gasteiger charge is 2.40. The van der Waals surface area contributed by atoms with Crippen LogP contribution in [0.5, 0.6) is 5.75 Å². The fourth-order valence-electron chi connectivity index (χ4n) is 3.92. The lowest BCUT2D eigenvalue weighted by molar-refractivity contribution is -0.142. The molecule has 0 bridgehead atoms. The van der Waals surface area contributed by atoms with Crippen LogP contribution in [0.25, 0.3) is 11.3 Å². The highest BCUT2D eigenvalue weighted by molar-refractivity contribution is 6.31. The third kappa shape index (κ3) is 4.65. The molecule has 0 spiro atoms. The number of piperidine rings is 1. The molecule has 3 unspecified atom stereocenters. The molecule has 10 nitrogen and oxygen atoms in total. The van der Waals surface area contributed by atoms with Crippen LogP contribution >= 0.6 is 11.6 Å². The molecule has 1 amide bonds. The van der Waals surface area contributed by atoms with E-state index in [2.05, 4.69) is 26.7 Å². The van der Waals surface area contributed by atoms with Crippen LogP contribution in [0, 0.1) is 17.2 Å². The van der Waals surface area contributed by atoms with Crippen LogP contribution in [0.1, 0.15) is 16.9 Å². The molecule has 166 valence electrons. The van der Waals surface area contributed by atoms with Gasteiger partial charge >= 0.3 is 5.97 Å². The molecule has 11 heteroatoms. The summed E-state index contributed by atoms with van der Waals surface area (Å²) in [5, 5.41) is 25.2. The van der Waals surface area contributed by atoms with Crippen molar-refractivity contribution in [3.8, 4) is 23.1 Å². The third-order valence-electron chi connectivity index (χ3n) is 5.58. The summed E-state index contributed by atoms with van der Waals surface area (Å²) in [6.45, 7) is 1.56. The van der Waals surface area contributed by atoms with Gasteiger partial charge in [-0.1, -0.05) is 11.6 Å². The fourth-order valence-corrected chi connectivity index (χ4v) is 4.09. The number of hydrogen-bond acceptors (Lipinski definition) is 8. The molecule has 2 aliphatic heterocycles. The number of hydrogen-bond donors (Lipinski definition) is 3. The van der Waals surface area contributed by atoms with E-state index < -0.39 is 5.97 Å². The number of carbonyl (C=O) groups is 2. The maximum absolute atomic E-state index is 12.9. The maximum atomic E-state index is 12.9. The van der Waals surface area contributed by atoms with E-state index in [1.165, 1.54) is 6.20 Å². The lowest BCUT2D eigenvalue weighted by atomic mass is 9.86.